The summed E-state index contributed by atoms with van der Waals surface area (Å²) in [6, 6.07) is 18.5. The number of hydrazone groups is 1. The molecule has 4 aromatic rings. The normalized spacial score (nSPS) is 11.7. The first-order valence-electron chi connectivity index (χ1n) is 10.6. The number of carbonyl (C=O) groups is 1. The largest absolute Gasteiger partial charge is 0.497 e. The highest BCUT2D eigenvalue weighted by atomic mass is 35.5. The van der Waals surface area contributed by atoms with Gasteiger partial charge in [-0.2, -0.15) is 5.10 Å². The molecule has 0 atom stereocenters. The first-order valence-corrected chi connectivity index (χ1v) is 11.9. The van der Waals surface area contributed by atoms with Gasteiger partial charge in [0.05, 0.1) is 25.3 Å². The van der Waals surface area contributed by atoms with Crippen molar-refractivity contribution in [2.45, 2.75) is 12.1 Å². The van der Waals surface area contributed by atoms with Crippen molar-refractivity contribution in [3.8, 4) is 22.8 Å². The number of hydrogen-bond donors (Lipinski definition) is 1. The second kappa shape index (κ2) is 11.5. The van der Waals surface area contributed by atoms with Gasteiger partial charge in [0, 0.05) is 16.3 Å². The Morgan fingerprint density at radius 3 is 2.63 bits per heavy atom. The number of thioether (sulfide) groups is 1. The first-order chi connectivity index (χ1) is 17.0. The van der Waals surface area contributed by atoms with Crippen LogP contribution in [-0.2, 0) is 4.79 Å². The van der Waals surface area contributed by atoms with Gasteiger partial charge in [-0.15, -0.1) is 10.2 Å². The summed E-state index contributed by atoms with van der Waals surface area (Å²) in [7, 11) is 1.62. The predicted octanol–water partition coefficient (Wildman–Crippen LogP) is 5.49. The summed E-state index contributed by atoms with van der Waals surface area (Å²) in [5.74, 6) is 1.92. The summed E-state index contributed by atoms with van der Waals surface area (Å²) >= 11 is 7.34. The third-order valence-electron chi connectivity index (χ3n) is 4.77. The maximum atomic E-state index is 12.4. The lowest BCUT2D eigenvalue weighted by Gasteiger charge is -2.11. The van der Waals surface area contributed by atoms with Gasteiger partial charge in [-0.3, -0.25) is 9.36 Å². The molecule has 0 aliphatic carbocycles. The molecule has 0 spiro atoms. The molecule has 0 fully saturated rings. The van der Waals surface area contributed by atoms with Gasteiger partial charge in [0.1, 0.15) is 11.5 Å². The Kier molecular flexibility index (Phi) is 8.02. The third kappa shape index (κ3) is 6.40. The molecule has 0 aliphatic heterocycles. The molecule has 35 heavy (non-hydrogen) atoms. The van der Waals surface area contributed by atoms with Crippen LogP contribution >= 0.6 is 23.4 Å². The summed E-state index contributed by atoms with van der Waals surface area (Å²) in [6.07, 6.45) is 4.97. The summed E-state index contributed by atoms with van der Waals surface area (Å²) < 4.78 is 12.4. The molecule has 8 nitrogen and oxygen atoms in total. The number of ether oxygens (including phenoxy) is 1. The number of nitrogens with one attached hydrogen (secondary N) is 1. The summed E-state index contributed by atoms with van der Waals surface area (Å²) in [5, 5.41) is 13.9. The highest BCUT2D eigenvalue weighted by molar-refractivity contribution is 7.99. The molecular weight excluding hydrogens is 486 g/mol. The first kappa shape index (κ1) is 24.3. The topological polar surface area (TPSA) is 94.5 Å². The molecule has 10 heteroatoms. The molecule has 0 radical (unpaired) electrons. The number of furan rings is 1. The van der Waals surface area contributed by atoms with Crippen LogP contribution in [0.3, 0.4) is 0 Å². The SMILES string of the molecule is COc1ccc(-c2nnc(SCC(=O)NN=CC(C)=Cc3ccco3)n2-c2ccc(Cl)cc2)cc1. The second-order valence-electron chi connectivity index (χ2n) is 7.33. The average molecular weight is 508 g/mol. The maximum Gasteiger partial charge on any atom is 0.250 e. The molecule has 2 aromatic carbocycles. The van der Waals surface area contributed by atoms with Gasteiger partial charge >= 0.3 is 0 Å². The minimum absolute atomic E-state index is 0.104. The Morgan fingerprint density at radius 2 is 1.94 bits per heavy atom. The van der Waals surface area contributed by atoms with Gasteiger partial charge in [0.25, 0.3) is 5.91 Å². The zero-order valence-electron chi connectivity index (χ0n) is 19.0. The molecule has 1 amide bonds. The summed E-state index contributed by atoms with van der Waals surface area (Å²) in [4.78, 5) is 12.4. The van der Waals surface area contributed by atoms with Crippen LogP contribution in [0.15, 0.2) is 87.2 Å². The van der Waals surface area contributed by atoms with E-state index in [1.165, 1.54) is 11.8 Å². The molecule has 2 heterocycles. The van der Waals surface area contributed by atoms with Gasteiger partial charge in [-0.25, -0.2) is 5.43 Å². The average Bonchev–Trinajstić information content (AvgIpc) is 3.53. The number of halogens is 1. The number of benzene rings is 2. The van der Waals surface area contributed by atoms with E-state index in [4.69, 9.17) is 20.8 Å². The summed E-state index contributed by atoms with van der Waals surface area (Å²) in [5.41, 5.74) is 5.04. The van der Waals surface area contributed by atoms with Crippen LogP contribution in [0.5, 0.6) is 5.75 Å². The number of rotatable bonds is 9. The van der Waals surface area contributed by atoms with Crippen LogP contribution in [0.1, 0.15) is 12.7 Å². The van der Waals surface area contributed by atoms with E-state index < -0.39 is 0 Å². The molecule has 178 valence electrons. The van der Waals surface area contributed by atoms with Crippen LogP contribution in [-0.4, -0.2) is 39.7 Å². The molecule has 0 saturated heterocycles. The van der Waals surface area contributed by atoms with Crippen molar-refractivity contribution in [2.75, 3.05) is 12.9 Å². The molecule has 0 bridgehead atoms. The van der Waals surface area contributed by atoms with E-state index >= 15 is 0 Å². The quantitative estimate of drug-likeness (QED) is 0.183. The van der Waals surface area contributed by atoms with Crippen LogP contribution in [0, 0.1) is 0 Å². The van der Waals surface area contributed by atoms with Gasteiger partial charge in [0.15, 0.2) is 11.0 Å². The van der Waals surface area contributed by atoms with Crippen molar-refractivity contribution in [2.24, 2.45) is 5.10 Å². The molecule has 0 unspecified atom stereocenters. The Balaban J connectivity index is 1.48. The third-order valence-corrected chi connectivity index (χ3v) is 5.95. The minimum atomic E-state index is -0.270. The van der Waals surface area contributed by atoms with Crippen LogP contribution in [0.2, 0.25) is 5.02 Å². The highest BCUT2D eigenvalue weighted by Gasteiger charge is 2.17. The van der Waals surface area contributed by atoms with E-state index in [9.17, 15) is 4.79 Å². The number of hydrogen-bond acceptors (Lipinski definition) is 7. The Labute approximate surface area is 211 Å². The number of carbonyl (C=O) groups excluding carboxylic acids is 1. The van der Waals surface area contributed by atoms with Crippen molar-refractivity contribution in [3.63, 3.8) is 0 Å². The molecule has 0 saturated carbocycles. The number of amides is 1. The lowest BCUT2D eigenvalue weighted by molar-refractivity contribution is -0.118. The van der Waals surface area contributed by atoms with E-state index in [0.717, 1.165) is 22.6 Å². The van der Waals surface area contributed by atoms with Crippen LogP contribution in [0.4, 0.5) is 0 Å². The van der Waals surface area contributed by atoms with E-state index in [1.807, 2.05) is 60.0 Å². The minimum Gasteiger partial charge on any atom is -0.497 e. The fraction of sp³-hybridized carbons (Fsp3) is 0.120. The number of aromatic nitrogens is 3. The zero-order chi connectivity index (χ0) is 24.6. The lowest BCUT2D eigenvalue weighted by Crippen LogP contribution is -2.20. The Morgan fingerprint density at radius 1 is 1.17 bits per heavy atom. The van der Waals surface area contributed by atoms with Crippen molar-refractivity contribution < 1.29 is 13.9 Å². The van der Waals surface area contributed by atoms with Crippen molar-refractivity contribution in [3.05, 3.63) is 83.3 Å². The lowest BCUT2D eigenvalue weighted by atomic mass is 10.2. The van der Waals surface area contributed by atoms with Crippen molar-refractivity contribution in [1.29, 1.82) is 0 Å². The Bertz CT molecular complexity index is 1330. The van der Waals surface area contributed by atoms with E-state index in [-0.39, 0.29) is 11.7 Å². The van der Waals surface area contributed by atoms with Crippen molar-refractivity contribution in [1.82, 2.24) is 20.2 Å². The number of allylic oxidation sites excluding steroid dienone is 1. The Hall–Kier alpha value is -3.82. The molecular formula is C25H22ClN5O3S. The van der Waals surface area contributed by atoms with Crippen LogP contribution in [0.25, 0.3) is 23.2 Å². The second-order valence-corrected chi connectivity index (χ2v) is 8.71. The van der Waals surface area contributed by atoms with Crippen LogP contribution < -0.4 is 10.2 Å². The predicted molar refractivity (Wildman–Crippen MR) is 138 cm³/mol. The molecule has 1 N–H and O–H groups in total. The van der Waals surface area contributed by atoms with Gasteiger partial charge in [-0.05, 0) is 79.2 Å². The maximum absolute atomic E-state index is 12.4. The number of nitrogens with zero attached hydrogens (tertiary/aromatic N) is 4. The molecule has 0 aliphatic rings. The van der Waals surface area contributed by atoms with E-state index in [1.54, 1.807) is 37.8 Å². The zero-order valence-corrected chi connectivity index (χ0v) is 20.6. The molecule has 2 aromatic heterocycles. The summed E-state index contributed by atoms with van der Waals surface area (Å²) in [6.45, 7) is 1.86. The number of methoxy groups -OCH3 is 1. The fourth-order valence-electron chi connectivity index (χ4n) is 3.12. The smallest absolute Gasteiger partial charge is 0.250 e. The van der Waals surface area contributed by atoms with Crippen molar-refractivity contribution >= 4 is 41.6 Å². The van der Waals surface area contributed by atoms with Gasteiger partial charge in [-0.1, -0.05) is 23.4 Å². The van der Waals surface area contributed by atoms with E-state index in [0.29, 0.717) is 21.8 Å². The van der Waals surface area contributed by atoms with Gasteiger partial charge in [0.2, 0.25) is 0 Å². The standard InChI is InChI=1S/C25H22ClN5O3S/c1-17(14-22-4-3-13-34-22)15-27-28-23(32)16-35-25-30-29-24(18-5-11-21(33-2)12-6-18)31(25)20-9-7-19(26)8-10-20/h3-15H,16H2,1-2H3,(H,28,32). The highest BCUT2D eigenvalue weighted by Crippen LogP contribution is 2.29. The van der Waals surface area contributed by atoms with E-state index in [2.05, 4.69) is 20.7 Å². The fourth-order valence-corrected chi connectivity index (χ4v) is 3.99. The van der Waals surface area contributed by atoms with Gasteiger partial charge < -0.3 is 9.15 Å². The monoisotopic (exact) mass is 507 g/mol. The molecule has 4 rings (SSSR count).